The van der Waals surface area contributed by atoms with Crippen LogP contribution in [0.15, 0.2) is 64.8 Å². The standard InChI is InChI=1S/C23H32N2O3/c1-5-17(2)20(15-19-10-7-6-8-11-19)16-21(14-18(3)22(27)24-4)23(28)25-12-9-13-26/h6-8,10-11,14,16,26H,5,9,12-13,15H2,1-4H3,(H,24,27)(H,25,28)/b18-14+,20-17+,21-16+. The summed E-state index contributed by atoms with van der Waals surface area (Å²) in [4.78, 5) is 24.6. The van der Waals surface area contributed by atoms with Gasteiger partial charge < -0.3 is 15.7 Å². The van der Waals surface area contributed by atoms with Gasteiger partial charge in [-0.3, -0.25) is 9.59 Å². The molecule has 5 nitrogen and oxygen atoms in total. The van der Waals surface area contributed by atoms with E-state index in [0.29, 0.717) is 30.5 Å². The average Bonchev–Trinajstić information content (AvgIpc) is 2.72. The number of likely N-dealkylation sites (N-methyl/N-ethyl adjacent to an activating group) is 1. The molecule has 0 atom stereocenters. The Morgan fingerprint density at radius 2 is 1.75 bits per heavy atom. The van der Waals surface area contributed by atoms with Crippen molar-refractivity contribution in [2.24, 2.45) is 0 Å². The summed E-state index contributed by atoms with van der Waals surface area (Å²) in [6, 6.07) is 10.1. The summed E-state index contributed by atoms with van der Waals surface area (Å²) in [6.45, 7) is 6.22. The van der Waals surface area contributed by atoms with Gasteiger partial charge >= 0.3 is 0 Å². The minimum Gasteiger partial charge on any atom is -0.396 e. The summed E-state index contributed by atoms with van der Waals surface area (Å²) in [7, 11) is 1.56. The highest BCUT2D eigenvalue weighted by molar-refractivity contribution is 6.00. The van der Waals surface area contributed by atoms with Gasteiger partial charge in [0.15, 0.2) is 0 Å². The Balaban J connectivity index is 3.30. The Hall–Kier alpha value is -2.66. The number of allylic oxidation sites excluding steroid dienone is 3. The fourth-order valence-corrected chi connectivity index (χ4v) is 2.61. The van der Waals surface area contributed by atoms with E-state index in [0.717, 1.165) is 17.6 Å². The molecule has 0 aromatic heterocycles. The predicted molar refractivity (Wildman–Crippen MR) is 114 cm³/mol. The van der Waals surface area contributed by atoms with Gasteiger partial charge in [-0.2, -0.15) is 0 Å². The Labute approximate surface area is 168 Å². The van der Waals surface area contributed by atoms with E-state index in [4.69, 9.17) is 5.11 Å². The van der Waals surface area contributed by atoms with E-state index in [2.05, 4.69) is 36.6 Å². The first kappa shape index (κ1) is 23.4. The number of carbonyl (C=O) groups excluding carboxylic acids is 2. The van der Waals surface area contributed by atoms with Crippen LogP contribution in [0.4, 0.5) is 0 Å². The Morgan fingerprint density at radius 1 is 1.07 bits per heavy atom. The molecule has 0 aliphatic carbocycles. The second-order valence-corrected chi connectivity index (χ2v) is 6.66. The number of aliphatic hydroxyl groups excluding tert-OH is 1. The van der Waals surface area contributed by atoms with Crippen LogP contribution in [0.2, 0.25) is 0 Å². The van der Waals surface area contributed by atoms with Crippen molar-refractivity contribution >= 4 is 11.8 Å². The minimum absolute atomic E-state index is 0.0144. The maximum absolute atomic E-state index is 12.7. The Morgan fingerprint density at radius 3 is 2.32 bits per heavy atom. The zero-order valence-corrected chi connectivity index (χ0v) is 17.3. The molecule has 0 aliphatic heterocycles. The molecule has 28 heavy (non-hydrogen) atoms. The number of aliphatic hydroxyl groups is 1. The lowest BCUT2D eigenvalue weighted by Crippen LogP contribution is -2.27. The fraction of sp³-hybridized carbons (Fsp3) is 0.391. The van der Waals surface area contributed by atoms with Gasteiger partial charge in [-0.1, -0.05) is 42.8 Å². The summed E-state index contributed by atoms with van der Waals surface area (Å²) in [6.07, 6.45) is 5.54. The highest BCUT2D eigenvalue weighted by atomic mass is 16.3. The number of benzene rings is 1. The molecule has 0 aliphatic rings. The van der Waals surface area contributed by atoms with Crippen LogP contribution >= 0.6 is 0 Å². The summed E-state index contributed by atoms with van der Waals surface area (Å²) in [5.41, 5.74) is 4.29. The molecule has 1 rings (SSSR count). The zero-order chi connectivity index (χ0) is 20.9. The number of amides is 2. The molecule has 0 spiro atoms. The van der Waals surface area contributed by atoms with Crippen LogP contribution < -0.4 is 10.6 Å². The number of rotatable bonds is 10. The summed E-state index contributed by atoms with van der Waals surface area (Å²) >= 11 is 0. The van der Waals surface area contributed by atoms with E-state index in [-0.39, 0.29) is 18.4 Å². The van der Waals surface area contributed by atoms with E-state index < -0.39 is 0 Å². The molecule has 0 saturated carbocycles. The van der Waals surface area contributed by atoms with Gasteiger partial charge in [0.05, 0.1) is 0 Å². The minimum atomic E-state index is -0.258. The third-order valence-electron chi connectivity index (χ3n) is 4.49. The molecule has 0 heterocycles. The van der Waals surface area contributed by atoms with Gasteiger partial charge in [0, 0.05) is 31.3 Å². The van der Waals surface area contributed by atoms with Gasteiger partial charge in [-0.15, -0.1) is 0 Å². The van der Waals surface area contributed by atoms with E-state index in [1.165, 1.54) is 5.57 Å². The molecular weight excluding hydrogens is 352 g/mol. The largest absolute Gasteiger partial charge is 0.396 e. The smallest absolute Gasteiger partial charge is 0.251 e. The van der Waals surface area contributed by atoms with E-state index >= 15 is 0 Å². The first-order valence-electron chi connectivity index (χ1n) is 9.66. The van der Waals surface area contributed by atoms with E-state index in [1.807, 2.05) is 24.3 Å². The van der Waals surface area contributed by atoms with Crippen LogP contribution in [-0.4, -0.2) is 37.1 Å². The molecule has 0 saturated heterocycles. The molecule has 1 aromatic carbocycles. The van der Waals surface area contributed by atoms with Gasteiger partial charge in [0.2, 0.25) is 5.91 Å². The monoisotopic (exact) mass is 384 g/mol. The maximum atomic E-state index is 12.7. The van der Waals surface area contributed by atoms with E-state index in [1.54, 1.807) is 20.0 Å². The van der Waals surface area contributed by atoms with Gasteiger partial charge in [-0.05, 0) is 56.4 Å². The van der Waals surface area contributed by atoms with Crippen molar-refractivity contribution in [2.75, 3.05) is 20.2 Å². The maximum Gasteiger partial charge on any atom is 0.251 e. The quantitative estimate of drug-likeness (QED) is 0.330. The van der Waals surface area contributed by atoms with Crippen molar-refractivity contribution in [1.29, 1.82) is 0 Å². The summed E-state index contributed by atoms with van der Waals surface area (Å²) in [5, 5.41) is 14.3. The Bertz CT molecular complexity index is 746. The van der Waals surface area contributed by atoms with Crippen molar-refractivity contribution in [1.82, 2.24) is 10.6 Å². The highest BCUT2D eigenvalue weighted by Crippen LogP contribution is 2.19. The van der Waals surface area contributed by atoms with Crippen molar-refractivity contribution in [2.45, 2.75) is 40.0 Å². The van der Waals surface area contributed by atoms with Crippen LogP contribution in [0.3, 0.4) is 0 Å². The lowest BCUT2D eigenvalue weighted by Gasteiger charge is -2.12. The molecule has 152 valence electrons. The van der Waals surface area contributed by atoms with Crippen LogP contribution in [-0.2, 0) is 16.0 Å². The molecular formula is C23H32N2O3. The van der Waals surface area contributed by atoms with Crippen LogP contribution in [0, 0.1) is 0 Å². The SMILES string of the molecule is CC/C(C)=C(/C=C(\C=C(/C)C(=O)NC)C(=O)NCCCO)Cc1ccccc1. The van der Waals surface area contributed by atoms with Gasteiger partial charge in [0.25, 0.3) is 5.91 Å². The van der Waals surface area contributed by atoms with Crippen LogP contribution in [0.25, 0.3) is 0 Å². The third kappa shape index (κ3) is 7.92. The lowest BCUT2D eigenvalue weighted by molar-refractivity contribution is -0.117. The highest BCUT2D eigenvalue weighted by Gasteiger charge is 2.12. The molecule has 0 radical (unpaired) electrons. The second kappa shape index (κ2) is 12.7. The number of hydrogen-bond acceptors (Lipinski definition) is 3. The van der Waals surface area contributed by atoms with Crippen molar-refractivity contribution in [3.63, 3.8) is 0 Å². The number of hydrogen-bond donors (Lipinski definition) is 3. The third-order valence-corrected chi connectivity index (χ3v) is 4.49. The molecule has 0 bridgehead atoms. The normalized spacial score (nSPS) is 13.0. The van der Waals surface area contributed by atoms with Crippen molar-refractivity contribution in [3.8, 4) is 0 Å². The molecule has 1 aromatic rings. The average molecular weight is 385 g/mol. The predicted octanol–water partition coefficient (Wildman–Crippen LogP) is 3.07. The zero-order valence-electron chi connectivity index (χ0n) is 17.3. The van der Waals surface area contributed by atoms with Gasteiger partial charge in [-0.25, -0.2) is 0 Å². The fourth-order valence-electron chi connectivity index (χ4n) is 2.61. The lowest BCUT2D eigenvalue weighted by atomic mass is 9.96. The van der Waals surface area contributed by atoms with E-state index in [9.17, 15) is 9.59 Å². The Kier molecular flexibility index (Phi) is 10.6. The second-order valence-electron chi connectivity index (χ2n) is 6.66. The van der Waals surface area contributed by atoms with Crippen molar-refractivity contribution in [3.05, 3.63) is 70.3 Å². The summed E-state index contributed by atoms with van der Waals surface area (Å²) < 4.78 is 0. The van der Waals surface area contributed by atoms with Crippen LogP contribution in [0.5, 0.6) is 0 Å². The van der Waals surface area contributed by atoms with Gasteiger partial charge in [0.1, 0.15) is 0 Å². The van der Waals surface area contributed by atoms with Crippen LogP contribution in [0.1, 0.15) is 39.2 Å². The first-order chi connectivity index (χ1) is 13.4. The molecule has 0 fully saturated rings. The number of carbonyl (C=O) groups is 2. The topological polar surface area (TPSA) is 78.4 Å². The van der Waals surface area contributed by atoms with Crippen molar-refractivity contribution < 1.29 is 14.7 Å². The number of nitrogens with one attached hydrogen (secondary N) is 2. The molecule has 5 heteroatoms. The molecule has 2 amide bonds. The molecule has 3 N–H and O–H groups in total. The molecule has 0 unspecified atom stereocenters. The first-order valence-corrected chi connectivity index (χ1v) is 9.66. The summed E-state index contributed by atoms with van der Waals surface area (Å²) in [5.74, 6) is -0.485.